The molecule has 0 aliphatic carbocycles. The molecule has 0 aromatic heterocycles. The minimum absolute atomic E-state index is 0. The molecule has 0 saturated heterocycles. The van der Waals surface area contributed by atoms with Crippen molar-refractivity contribution in [3.8, 4) is 0 Å². The minimum Gasteiger partial charge on any atom is -0.544 e. The fraction of sp³-hybridized carbons (Fsp3) is 0.889. The Kier molecular flexibility index (Phi) is 8.90. The smallest absolute Gasteiger partial charge is 0.544 e. The first-order valence-corrected chi connectivity index (χ1v) is 5.94. The number of carbonyl (C=O) groups is 1. The monoisotopic (exact) mass is 518 g/mol. The molecule has 0 spiro atoms. The van der Waals surface area contributed by atoms with Crippen LogP contribution in [-0.4, -0.2) is 54.3 Å². The van der Waals surface area contributed by atoms with Crippen LogP contribution in [-0.2, 0) is 14.3 Å². The zero-order valence-electron chi connectivity index (χ0n) is 13.6. The molecule has 0 aliphatic rings. The minimum atomic E-state index is -8.11. The molecule has 22 heteroatoms. The predicted octanol–water partition coefficient (Wildman–Crippen LogP) is 0.613. The maximum absolute atomic E-state index is 13.5. The molecule has 0 bridgehead atoms. The summed E-state index contributed by atoms with van der Waals surface area (Å²) >= 11 is 0. The van der Waals surface area contributed by atoms with Crippen LogP contribution in [0, 0.1) is 0 Å². The van der Waals surface area contributed by atoms with Gasteiger partial charge in [-0.05, 0) is 0 Å². The van der Waals surface area contributed by atoms with Crippen molar-refractivity contribution < 1.29 is 124 Å². The van der Waals surface area contributed by atoms with E-state index in [1.807, 2.05) is 0 Å². The second-order valence-corrected chi connectivity index (χ2v) is 4.78. The molecular formula is C9F17NaO4. The van der Waals surface area contributed by atoms with E-state index in [9.17, 15) is 84.5 Å². The maximum atomic E-state index is 13.5. The maximum Gasteiger partial charge on any atom is 1.00 e. The molecule has 0 rings (SSSR count). The van der Waals surface area contributed by atoms with Crippen molar-refractivity contribution in [3.05, 3.63) is 0 Å². The first kappa shape index (κ1) is 32.4. The number of alkyl halides is 17. The summed E-state index contributed by atoms with van der Waals surface area (Å²) in [6.07, 6.45) is -38.9. The molecule has 0 saturated carbocycles. The molecule has 0 N–H and O–H groups in total. The zero-order chi connectivity index (χ0) is 25.0. The molecule has 4 nitrogen and oxygen atoms in total. The number of rotatable bonds is 7. The van der Waals surface area contributed by atoms with Crippen molar-refractivity contribution in [2.75, 3.05) is 0 Å². The zero-order valence-corrected chi connectivity index (χ0v) is 15.6. The Morgan fingerprint density at radius 1 is 0.548 bits per heavy atom. The third-order valence-electron chi connectivity index (χ3n) is 2.63. The van der Waals surface area contributed by atoms with Gasteiger partial charge in [-0.2, -0.15) is 74.6 Å². The van der Waals surface area contributed by atoms with Crippen LogP contribution in [0.1, 0.15) is 0 Å². The van der Waals surface area contributed by atoms with Crippen LogP contribution < -0.4 is 34.7 Å². The van der Waals surface area contributed by atoms with Gasteiger partial charge in [-0.25, -0.2) is 0 Å². The van der Waals surface area contributed by atoms with E-state index >= 15 is 0 Å². The van der Waals surface area contributed by atoms with Crippen LogP contribution in [0.3, 0.4) is 0 Å². The molecule has 0 amide bonds. The Morgan fingerprint density at radius 3 is 1.13 bits per heavy atom. The number of carbonyl (C=O) groups excluding carboxylic acids is 1. The first-order valence-electron chi connectivity index (χ1n) is 5.94. The molecule has 0 fully saturated rings. The van der Waals surface area contributed by atoms with Gasteiger partial charge in [0, 0.05) is 0 Å². The SMILES string of the molecule is O=C([O-])C(F)(OC(F)(F)C(F)(OC(F)(F)C(F)(F)C(F)(F)F)C(F)(F)F)C(F)(F)F.[Na+]. The van der Waals surface area contributed by atoms with Gasteiger partial charge in [-0.1, -0.05) is 0 Å². The van der Waals surface area contributed by atoms with Gasteiger partial charge in [0.05, 0.1) is 0 Å². The number of carboxylic acids is 1. The summed E-state index contributed by atoms with van der Waals surface area (Å²) in [7, 11) is 0. The fourth-order valence-electron chi connectivity index (χ4n) is 1.15. The van der Waals surface area contributed by atoms with E-state index in [1.165, 1.54) is 9.47 Å². The Hall–Kier alpha value is -0.800. The summed E-state index contributed by atoms with van der Waals surface area (Å²) in [6.45, 7) is 0. The second kappa shape index (κ2) is 8.52. The van der Waals surface area contributed by atoms with Crippen LogP contribution >= 0.6 is 0 Å². The molecule has 0 heterocycles. The van der Waals surface area contributed by atoms with Crippen molar-refractivity contribution in [1.82, 2.24) is 0 Å². The van der Waals surface area contributed by atoms with Gasteiger partial charge in [-0.15, -0.1) is 0 Å². The molecule has 2 atom stereocenters. The number of aliphatic carboxylic acids is 1. The largest absolute Gasteiger partial charge is 1.00 e. The Balaban J connectivity index is 0. The number of carboxylic acid groups (broad SMARTS) is 1. The van der Waals surface area contributed by atoms with Gasteiger partial charge >= 0.3 is 77.9 Å². The van der Waals surface area contributed by atoms with Gasteiger partial charge < -0.3 is 9.90 Å². The normalized spacial score (nSPS) is 18.6. The van der Waals surface area contributed by atoms with E-state index in [4.69, 9.17) is 0 Å². The van der Waals surface area contributed by atoms with Crippen LogP contribution in [0.2, 0.25) is 0 Å². The Morgan fingerprint density at radius 2 is 0.903 bits per heavy atom. The third kappa shape index (κ3) is 5.58. The van der Waals surface area contributed by atoms with E-state index in [0.29, 0.717) is 0 Å². The summed E-state index contributed by atoms with van der Waals surface area (Å²) in [5.41, 5.74) is 0. The van der Waals surface area contributed by atoms with E-state index in [0.717, 1.165) is 0 Å². The van der Waals surface area contributed by atoms with Gasteiger partial charge in [0.15, 0.2) is 0 Å². The molecular weight excluding hydrogens is 518 g/mol. The van der Waals surface area contributed by atoms with Crippen LogP contribution in [0.15, 0.2) is 0 Å². The quantitative estimate of drug-likeness (QED) is 0.367. The first-order chi connectivity index (χ1) is 12.6. The molecule has 2 unspecified atom stereocenters. The molecule has 0 aromatic carbocycles. The Labute approximate surface area is 178 Å². The van der Waals surface area contributed by atoms with Crippen molar-refractivity contribution >= 4 is 5.97 Å². The van der Waals surface area contributed by atoms with E-state index in [1.54, 1.807) is 0 Å². The second-order valence-electron chi connectivity index (χ2n) is 4.78. The summed E-state index contributed by atoms with van der Waals surface area (Å²) in [4.78, 5) is 9.97. The molecule has 180 valence electrons. The molecule has 0 aliphatic heterocycles. The predicted molar refractivity (Wildman–Crippen MR) is 47.9 cm³/mol. The molecule has 31 heavy (non-hydrogen) atoms. The topological polar surface area (TPSA) is 58.6 Å². The standard InChI is InChI=1S/C9HF17O4.Na/c10-2(1(27)28,5(14,15)16)29-9(25,26)4(13,7(20,21)22)30-8(23,24)3(11,12)6(17,18)19;/h(H,27,28);/q;+1/p-1. The summed E-state index contributed by atoms with van der Waals surface area (Å²) < 4.78 is 215. The molecule has 0 radical (unpaired) electrons. The van der Waals surface area contributed by atoms with Crippen LogP contribution in [0.25, 0.3) is 0 Å². The van der Waals surface area contributed by atoms with Crippen molar-refractivity contribution in [3.63, 3.8) is 0 Å². The molecule has 0 aromatic rings. The number of ether oxygens (including phenoxy) is 2. The van der Waals surface area contributed by atoms with Gasteiger partial charge in [0.25, 0.3) is 0 Å². The average molecular weight is 518 g/mol. The summed E-state index contributed by atoms with van der Waals surface area (Å²) in [5.74, 6) is -27.7. The van der Waals surface area contributed by atoms with Gasteiger partial charge in [0.1, 0.15) is 5.97 Å². The Bertz CT molecular complexity index is 653. The third-order valence-corrected chi connectivity index (χ3v) is 2.63. The summed E-state index contributed by atoms with van der Waals surface area (Å²) in [5, 5.41) is 9.97. The van der Waals surface area contributed by atoms with Crippen LogP contribution in [0.5, 0.6) is 0 Å². The van der Waals surface area contributed by atoms with E-state index in [2.05, 4.69) is 0 Å². The van der Waals surface area contributed by atoms with Crippen LogP contribution in [0.4, 0.5) is 74.6 Å². The fourth-order valence-corrected chi connectivity index (χ4v) is 1.15. The number of hydrogen-bond donors (Lipinski definition) is 0. The van der Waals surface area contributed by atoms with Crippen molar-refractivity contribution in [1.29, 1.82) is 0 Å². The number of hydrogen-bond acceptors (Lipinski definition) is 4. The van der Waals surface area contributed by atoms with Gasteiger partial charge in [0.2, 0.25) is 0 Å². The van der Waals surface area contributed by atoms with E-state index in [-0.39, 0.29) is 29.6 Å². The van der Waals surface area contributed by atoms with Crippen molar-refractivity contribution in [2.45, 2.75) is 48.4 Å². The van der Waals surface area contributed by atoms with Gasteiger partial charge in [-0.3, -0.25) is 9.47 Å². The number of halogens is 17. The summed E-state index contributed by atoms with van der Waals surface area (Å²) in [6, 6.07) is 0. The van der Waals surface area contributed by atoms with E-state index < -0.39 is 54.3 Å². The van der Waals surface area contributed by atoms with Crippen molar-refractivity contribution in [2.24, 2.45) is 0 Å². The average Bonchev–Trinajstić information content (AvgIpc) is 2.41.